The Morgan fingerprint density at radius 2 is 2.36 bits per heavy atom. The zero-order valence-corrected chi connectivity index (χ0v) is 9.02. The molecule has 1 aromatic heterocycles. The summed E-state index contributed by atoms with van der Waals surface area (Å²) < 4.78 is 13.7. The summed E-state index contributed by atoms with van der Waals surface area (Å²) in [4.78, 5) is 3.79. The van der Waals surface area contributed by atoms with Crippen LogP contribution in [0.25, 0.3) is 4.91 Å². The maximum Gasteiger partial charge on any atom is 0.153 e. The fourth-order valence-electron chi connectivity index (χ4n) is 1.12. The molecule has 2 heterocycles. The van der Waals surface area contributed by atoms with E-state index in [0.717, 1.165) is 22.5 Å². The van der Waals surface area contributed by atoms with Gasteiger partial charge in [0.15, 0.2) is 5.00 Å². The minimum absolute atomic E-state index is 0.512. The van der Waals surface area contributed by atoms with Crippen LogP contribution >= 0.6 is 23.5 Å². The molecule has 0 saturated heterocycles. The normalized spacial score (nSPS) is 27.8. The molecule has 0 fully saturated rings. The van der Waals surface area contributed by atoms with Crippen molar-refractivity contribution in [3.05, 3.63) is 36.2 Å². The monoisotopic (exact) mass is 230 g/mol. The van der Waals surface area contributed by atoms with Crippen LogP contribution in [0.5, 0.6) is 0 Å². The van der Waals surface area contributed by atoms with Crippen molar-refractivity contribution < 1.29 is 4.48 Å². The fraction of sp³-hybridized carbons (Fsp3) is 0.222. The first-order chi connectivity index (χ1) is 6.59. The van der Waals surface area contributed by atoms with Gasteiger partial charge in [-0.15, -0.1) is 4.48 Å². The molecule has 0 aliphatic carbocycles. The predicted molar refractivity (Wildman–Crippen MR) is 57.0 cm³/mol. The standard InChI is InChI=1S/C9H8ClFN2S/c1-9(10)6-8(14-13(9)11)7-4-2-3-5-12-7/h2-6H,1H3. The average Bonchev–Trinajstić information content (AvgIpc) is 2.43. The van der Waals surface area contributed by atoms with Gasteiger partial charge >= 0.3 is 0 Å². The summed E-state index contributed by atoms with van der Waals surface area (Å²) in [5, 5.41) is 0. The quantitative estimate of drug-likeness (QED) is 0.319. The average molecular weight is 231 g/mol. The van der Waals surface area contributed by atoms with Gasteiger partial charge < -0.3 is 0 Å². The first-order valence-electron chi connectivity index (χ1n) is 4.07. The molecule has 74 valence electrons. The Kier molecular flexibility index (Phi) is 2.51. The molecule has 1 atom stereocenters. The van der Waals surface area contributed by atoms with Crippen molar-refractivity contribution in [2.45, 2.75) is 11.9 Å². The lowest BCUT2D eigenvalue weighted by atomic mass is 10.2. The van der Waals surface area contributed by atoms with E-state index in [9.17, 15) is 4.48 Å². The lowest BCUT2D eigenvalue weighted by molar-refractivity contribution is 0.118. The number of nitrogens with zero attached hydrogens (tertiary/aromatic N) is 2. The van der Waals surface area contributed by atoms with E-state index in [-0.39, 0.29) is 0 Å². The molecule has 0 N–H and O–H groups in total. The maximum atomic E-state index is 13.2. The van der Waals surface area contributed by atoms with Crippen LogP contribution in [0.4, 0.5) is 4.48 Å². The van der Waals surface area contributed by atoms with Gasteiger partial charge in [-0.25, -0.2) is 0 Å². The number of hydrogen-bond donors (Lipinski definition) is 0. The van der Waals surface area contributed by atoms with Gasteiger partial charge in [0.05, 0.1) is 10.6 Å². The number of aromatic nitrogens is 1. The van der Waals surface area contributed by atoms with Crippen LogP contribution in [0, 0.1) is 0 Å². The molecule has 1 unspecified atom stereocenters. The van der Waals surface area contributed by atoms with Crippen LogP contribution in [-0.2, 0) is 0 Å². The zero-order chi connectivity index (χ0) is 10.2. The Bertz CT molecular complexity index is 366. The number of alkyl halides is 1. The molecule has 5 heteroatoms. The SMILES string of the molecule is CC1(Cl)C=C(c2ccccn2)SN1F. The highest BCUT2D eigenvalue weighted by Crippen LogP contribution is 2.45. The summed E-state index contributed by atoms with van der Waals surface area (Å²) in [6.07, 6.45) is 3.32. The second-order valence-corrected chi connectivity index (χ2v) is 4.79. The highest BCUT2D eigenvalue weighted by atomic mass is 35.5. The van der Waals surface area contributed by atoms with E-state index in [0.29, 0.717) is 4.53 Å². The Morgan fingerprint density at radius 1 is 1.57 bits per heavy atom. The second kappa shape index (κ2) is 3.53. The predicted octanol–water partition coefficient (Wildman–Crippen LogP) is 3.23. The molecule has 0 radical (unpaired) electrons. The van der Waals surface area contributed by atoms with Crippen molar-refractivity contribution in [2.75, 3.05) is 0 Å². The molecule has 1 aliphatic heterocycles. The van der Waals surface area contributed by atoms with Crippen LogP contribution in [0.3, 0.4) is 0 Å². The third-order valence-corrected chi connectivity index (χ3v) is 3.26. The Labute approximate surface area is 90.8 Å². The fourth-order valence-corrected chi connectivity index (χ4v) is 2.30. The third kappa shape index (κ3) is 1.78. The number of halogens is 2. The van der Waals surface area contributed by atoms with Crippen LogP contribution in [0.2, 0.25) is 0 Å². The molecule has 0 amide bonds. The minimum atomic E-state index is -1.07. The summed E-state index contributed by atoms with van der Waals surface area (Å²) in [5.41, 5.74) is 0.740. The molecule has 0 saturated carbocycles. The molecule has 1 aromatic rings. The highest BCUT2D eigenvalue weighted by Gasteiger charge is 2.36. The molecule has 2 nitrogen and oxygen atoms in total. The van der Waals surface area contributed by atoms with E-state index in [1.165, 1.54) is 0 Å². The smallest absolute Gasteiger partial charge is 0.153 e. The zero-order valence-electron chi connectivity index (χ0n) is 7.45. The van der Waals surface area contributed by atoms with Crippen LogP contribution in [0.15, 0.2) is 30.5 Å². The van der Waals surface area contributed by atoms with Gasteiger partial charge in [0.1, 0.15) is 0 Å². The summed E-state index contributed by atoms with van der Waals surface area (Å²) in [7, 11) is 0. The molecule has 0 spiro atoms. The lowest BCUT2D eigenvalue weighted by Crippen LogP contribution is -2.23. The summed E-state index contributed by atoms with van der Waals surface area (Å²) >= 11 is 6.85. The highest BCUT2D eigenvalue weighted by molar-refractivity contribution is 8.06. The first-order valence-corrected chi connectivity index (χ1v) is 5.22. The molecule has 2 rings (SSSR count). The number of pyridine rings is 1. The van der Waals surface area contributed by atoms with Gasteiger partial charge in [-0.05, 0) is 37.1 Å². The number of rotatable bonds is 1. The Morgan fingerprint density at radius 3 is 2.86 bits per heavy atom. The van der Waals surface area contributed by atoms with E-state index < -0.39 is 5.00 Å². The first kappa shape index (κ1) is 9.96. The molecule has 1 aliphatic rings. The number of hydrogen-bond acceptors (Lipinski definition) is 3. The lowest BCUT2D eigenvalue weighted by Gasteiger charge is -2.16. The van der Waals surface area contributed by atoms with Crippen molar-refractivity contribution in [3.8, 4) is 0 Å². The maximum absolute atomic E-state index is 13.2. The van der Waals surface area contributed by atoms with Gasteiger partial charge in [0, 0.05) is 6.20 Å². The second-order valence-electron chi connectivity index (χ2n) is 3.08. The molecule has 0 bridgehead atoms. The topological polar surface area (TPSA) is 16.1 Å². The Hall–Kier alpha value is -0.580. The molecule has 0 aromatic carbocycles. The molecular formula is C9H8ClFN2S. The van der Waals surface area contributed by atoms with Crippen molar-refractivity contribution in [2.24, 2.45) is 0 Å². The summed E-state index contributed by atoms with van der Waals surface area (Å²) in [5.74, 6) is 0. The van der Waals surface area contributed by atoms with Crippen LogP contribution in [0.1, 0.15) is 12.6 Å². The van der Waals surface area contributed by atoms with Crippen molar-refractivity contribution in [3.63, 3.8) is 0 Å². The van der Waals surface area contributed by atoms with Crippen molar-refractivity contribution in [1.82, 2.24) is 9.51 Å². The van der Waals surface area contributed by atoms with E-state index in [1.807, 2.05) is 18.2 Å². The van der Waals surface area contributed by atoms with E-state index in [1.54, 1.807) is 19.2 Å². The van der Waals surface area contributed by atoms with Crippen LogP contribution < -0.4 is 0 Å². The van der Waals surface area contributed by atoms with E-state index in [2.05, 4.69) is 4.98 Å². The van der Waals surface area contributed by atoms with Gasteiger partial charge in [0.25, 0.3) is 0 Å². The van der Waals surface area contributed by atoms with Gasteiger partial charge in [0.2, 0.25) is 0 Å². The summed E-state index contributed by atoms with van der Waals surface area (Å²) in [6.45, 7) is 1.59. The largest absolute Gasteiger partial charge is 0.256 e. The van der Waals surface area contributed by atoms with Gasteiger partial charge in [-0.2, -0.15) is 0 Å². The third-order valence-electron chi connectivity index (χ3n) is 1.83. The van der Waals surface area contributed by atoms with E-state index in [4.69, 9.17) is 11.6 Å². The molecule has 14 heavy (non-hydrogen) atoms. The van der Waals surface area contributed by atoms with Crippen molar-refractivity contribution >= 4 is 28.5 Å². The minimum Gasteiger partial charge on any atom is -0.256 e. The Balaban J connectivity index is 2.32. The van der Waals surface area contributed by atoms with Gasteiger partial charge in [-0.3, -0.25) is 4.98 Å². The summed E-state index contributed by atoms with van der Waals surface area (Å²) in [6, 6.07) is 5.50. The van der Waals surface area contributed by atoms with Crippen molar-refractivity contribution in [1.29, 1.82) is 0 Å². The van der Waals surface area contributed by atoms with Gasteiger partial charge in [-0.1, -0.05) is 22.2 Å². The van der Waals surface area contributed by atoms with Crippen LogP contribution in [-0.4, -0.2) is 14.5 Å². The van der Waals surface area contributed by atoms with E-state index >= 15 is 0 Å². The molecular weight excluding hydrogens is 223 g/mol.